The van der Waals surface area contributed by atoms with Crippen molar-refractivity contribution in [3.8, 4) is 11.4 Å². The summed E-state index contributed by atoms with van der Waals surface area (Å²) in [5, 5.41) is 7.43. The Hall–Kier alpha value is -2.75. The van der Waals surface area contributed by atoms with Gasteiger partial charge in [0.25, 0.3) is 0 Å². The Morgan fingerprint density at radius 3 is 2.37 bits per heavy atom. The Bertz CT molecular complexity index is 655. The zero-order valence-corrected chi connectivity index (χ0v) is 10.2. The van der Waals surface area contributed by atoms with Crippen molar-refractivity contribution in [1.29, 1.82) is 5.41 Å². The summed E-state index contributed by atoms with van der Waals surface area (Å²) in [4.78, 5) is 11.8. The van der Waals surface area contributed by atoms with Crippen molar-refractivity contribution >= 4 is 17.1 Å². The topological polar surface area (TPSA) is 64.9 Å². The average molecular weight is 248 g/mol. The van der Waals surface area contributed by atoms with Gasteiger partial charge >= 0.3 is 0 Å². The van der Waals surface area contributed by atoms with E-state index in [4.69, 9.17) is 5.41 Å². The zero-order valence-electron chi connectivity index (χ0n) is 10.2. The number of aliphatic imine (C=N–C) groups is 1. The van der Waals surface area contributed by atoms with Crippen molar-refractivity contribution in [1.82, 2.24) is 9.97 Å². The number of imidazole rings is 1. The van der Waals surface area contributed by atoms with E-state index in [1.165, 1.54) is 0 Å². The van der Waals surface area contributed by atoms with Crippen molar-refractivity contribution < 1.29 is 0 Å². The molecule has 3 rings (SSSR count). The third-order valence-electron chi connectivity index (χ3n) is 2.76. The maximum atomic E-state index is 7.43. The Labute approximate surface area is 110 Å². The van der Waals surface area contributed by atoms with Crippen LogP contribution in [0.4, 0.5) is 5.69 Å². The van der Waals surface area contributed by atoms with E-state index in [1.807, 2.05) is 36.4 Å². The molecule has 19 heavy (non-hydrogen) atoms. The number of nitrogens with one attached hydrogen (secondary N) is 2. The van der Waals surface area contributed by atoms with Gasteiger partial charge in [-0.1, -0.05) is 0 Å². The maximum absolute atomic E-state index is 7.43. The van der Waals surface area contributed by atoms with Crippen LogP contribution in [0.25, 0.3) is 11.4 Å². The van der Waals surface area contributed by atoms with Gasteiger partial charge in [0.15, 0.2) is 0 Å². The first-order valence-electron chi connectivity index (χ1n) is 5.94. The van der Waals surface area contributed by atoms with Gasteiger partial charge in [0.2, 0.25) is 0 Å². The standard InChI is InChI=1S/C15H12N4/c16-12-3-7-14(8-4-12)19-13-5-1-11(2-6-13)15-17-9-10-18-15/h1-10,16H,(H,17,18). The molecule has 1 aromatic heterocycles. The number of benzene rings is 1. The summed E-state index contributed by atoms with van der Waals surface area (Å²) in [6.45, 7) is 0. The molecule has 1 heterocycles. The molecular weight excluding hydrogens is 236 g/mol. The molecule has 92 valence electrons. The Morgan fingerprint density at radius 1 is 1.00 bits per heavy atom. The number of allylic oxidation sites excluding steroid dienone is 4. The molecule has 2 N–H and O–H groups in total. The van der Waals surface area contributed by atoms with Crippen molar-refractivity contribution in [3.05, 3.63) is 61.0 Å². The highest BCUT2D eigenvalue weighted by Gasteiger charge is 2.00. The van der Waals surface area contributed by atoms with Crippen molar-refractivity contribution in [3.63, 3.8) is 0 Å². The average Bonchev–Trinajstić information content (AvgIpc) is 2.96. The number of H-pyrrole nitrogens is 1. The third kappa shape index (κ3) is 2.57. The summed E-state index contributed by atoms with van der Waals surface area (Å²) in [5.41, 5.74) is 3.26. The van der Waals surface area contributed by atoms with Crippen LogP contribution in [0.5, 0.6) is 0 Å². The first-order chi connectivity index (χ1) is 9.31. The largest absolute Gasteiger partial charge is 0.345 e. The van der Waals surface area contributed by atoms with Gasteiger partial charge in [-0.25, -0.2) is 9.98 Å². The molecule has 0 bridgehead atoms. The minimum atomic E-state index is 0.493. The third-order valence-corrected chi connectivity index (χ3v) is 2.76. The fraction of sp³-hybridized carbons (Fsp3) is 0. The van der Waals surface area contributed by atoms with Crippen LogP contribution in [0.15, 0.2) is 66.0 Å². The second-order valence-electron chi connectivity index (χ2n) is 4.14. The van der Waals surface area contributed by atoms with Crippen LogP contribution in [0, 0.1) is 5.41 Å². The van der Waals surface area contributed by atoms with Crippen LogP contribution >= 0.6 is 0 Å². The first-order valence-corrected chi connectivity index (χ1v) is 5.94. The minimum absolute atomic E-state index is 0.493. The van der Waals surface area contributed by atoms with E-state index in [9.17, 15) is 0 Å². The van der Waals surface area contributed by atoms with Crippen molar-refractivity contribution in [2.45, 2.75) is 0 Å². The molecule has 0 spiro atoms. The molecule has 1 aliphatic rings. The number of nitrogens with zero attached hydrogens (tertiary/aromatic N) is 2. The highest BCUT2D eigenvalue weighted by molar-refractivity contribution is 6.18. The molecule has 0 amide bonds. The van der Waals surface area contributed by atoms with Gasteiger partial charge in [-0.05, 0) is 48.6 Å². The minimum Gasteiger partial charge on any atom is -0.345 e. The molecule has 1 aliphatic carbocycles. The smallest absolute Gasteiger partial charge is 0.137 e. The molecular formula is C15H12N4. The van der Waals surface area contributed by atoms with Crippen LogP contribution in [0.1, 0.15) is 0 Å². The van der Waals surface area contributed by atoms with Crippen LogP contribution in [-0.2, 0) is 0 Å². The fourth-order valence-electron chi connectivity index (χ4n) is 1.80. The zero-order chi connectivity index (χ0) is 13.1. The molecule has 1 aromatic carbocycles. The molecule has 2 aromatic rings. The van der Waals surface area contributed by atoms with E-state index in [0.29, 0.717) is 5.71 Å². The molecule has 0 atom stereocenters. The van der Waals surface area contributed by atoms with Crippen LogP contribution in [0.2, 0.25) is 0 Å². The number of hydrogen-bond donors (Lipinski definition) is 2. The Morgan fingerprint density at radius 2 is 1.74 bits per heavy atom. The number of aromatic amines is 1. The quantitative estimate of drug-likeness (QED) is 0.787. The molecule has 0 aliphatic heterocycles. The lowest BCUT2D eigenvalue weighted by atomic mass is 10.1. The van der Waals surface area contributed by atoms with Gasteiger partial charge in [-0.3, -0.25) is 0 Å². The summed E-state index contributed by atoms with van der Waals surface area (Å²) in [7, 11) is 0. The van der Waals surface area contributed by atoms with E-state index in [0.717, 1.165) is 22.8 Å². The summed E-state index contributed by atoms with van der Waals surface area (Å²) in [5.74, 6) is 0.852. The predicted molar refractivity (Wildman–Crippen MR) is 77.1 cm³/mol. The van der Waals surface area contributed by atoms with Crippen LogP contribution < -0.4 is 0 Å². The Kier molecular flexibility index (Phi) is 2.90. The van der Waals surface area contributed by atoms with Crippen molar-refractivity contribution in [2.24, 2.45) is 4.99 Å². The summed E-state index contributed by atoms with van der Waals surface area (Å²) in [6.07, 6.45) is 10.7. The SMILES string of the molecule is N=C1C=CC(=Nc2ccc(-c3ncc[nH]3)cc2)C=C1. The molecule has 0 saturated carbocycles. The molecule has 0 radical (unpaired) electrons. The molecule has 4 nitrogen and oxygen atoms in total. The first kappa shape index (κ1) is 11.3. The highest BCUT2D eigenvalue weighted by atomic mass is 14.9. The van der Waals surface area contributed by atoms with Gasteiger partial charge in [0.05, 0.1) is 17.1 Å². The predicted octanol–water partition coefficient (Wildman–Crippen LogP) is 3.29. The van der Waals surface area contributed by atoms with Gasteiger partial charge in [0, 0.05) is 18.0 Å². The van der Waals surface area contributed by atoms with E-state index in [2.05, 4.69) is 15.0 Å². The van der Waals surface area contributed by atoms with E-state index in [-0.39, 0.29) is 0 Å². The van der Waals surface area contributed by atoms with Gasteiger partial charge in [-0.2, -0.15) is 0 Å². The molecule has 4 heteroatoms. The Balaban J connectivity index is 1.84. The number of aromatic nitrogens is 2. The van der Waals surface area contributed by atoms with Crippen LogP contribution in [0.3, 0.4) is 0 Å². The molecule has 0 saturated heterocycles. The second kappa shape index (κ2) is 4.86. The number of hydrogen-bond acceptors (Lipinski definition) is 3. The lowest BCUT2D eigenvalue weighted by Gasteiger charge is -2.02. The monoisotopic (exact) mass is 248 g/mol. The second-order valence-corrected chi connectivity index (χ2v) is 4.14. The van der Waals surface area contributed by atoms with Gasteiger partial charge in [-0.15, -0.1) is 0 Å². The van der Waals surface area contributed by atoms with Crippen LogP contribution in [-0.4, -0.2) is 21.4 Å². The van der Waals surface area contributed by atoms with Gasteiger partial charge in [0.1, 0.15) is 5.82 Å². The summed E-state index contributed by atoms with van der Waals surface area (Å²) < 4.78 is 0. The highest BCUT2D eigenvalue weighted by Crippen LogP contribution is 2.20. The molecule has 0 fully saturated rings. The number of rotatable bonds is 2. The van der Waals surface area contributed by atoms with E-state index >= 15 is 0 Å². The molecule has 0 unspecified atom stereocenters. The lowest BCUT2D eigenvalue weighted by molar-refractivity contribution is 1.31. The lowest BCUT2D eigenvalue weighted by Crippen LogP contribution is -1.97. The van der Waals surface area contributed by atoms with Gasteiger partial charge < -0.3 is 10.4 Å². The maximum Gasteiger partial charge on any atom is 0.137 e. The fourth-order valence-corrected chi connectivity index (χ4v) is 1.80. The van der Waals surface area contributed by atoms with Crippen molar-refractivity contribution in [2.75, 3.05) is 0 Å². The van der Waals surface area contributed by atoms with E-state index < -0.39 is 0 Å². The normalized spacial score (nSPS) is 13.9. The summed E-state index contributed by atoms with van der Waals surface area (Å²) >= 11 is 0. The summed E-state index contributed by atoms with van der Waals surface area (Å²) in [6, 6.07) is 7.87. The van der Waals surface area contributed by atoms with E-state index in [1.54, 1.807) is 24.5 Å².